The summed E-state index contributed by atoms with van der Waals surface area (Å²) in [6.07, 6.45) is 0.998. The molecule has 0 N–H and O–H groups in total. The predicted octanol–water partition coefficient (Wildman–Crippen LogP) is 2.04. The Kier molecular flexibility index (Phi) is 5.11. The molecule has 7 heteroatoms. The fourth-order valence-corrected chi connectivity index (χ4v) is 2.75. The van der Waals surface area contributed by atoms with E-state index >= 15 is 0 Å². The molecule has 0 aliphatic carbocycles. The van der Waals surface area contributed by atoms with Gasteiger partial charge in [-0.2, -0.15) is 0 Å². The first-order valence-corrected chi connectivity index (χ1v) is 8.29. The fraction of sp³-hybridized carbons (Fsp3) is 0.389. The van der Waals surface area contributed by atoms with Crippen molar-refractivity contribution in [2.24, 2.45) is 0 Å². The summed E-state index contributed by atoms with van der Waals surface area (Å²) in [4.78, 5) is 25.0. The molecule has 132 valence electrons. The molecule has 1 fully saturated rings. The van der Waals surface area contributed by atoms with Gasteiger partial charge < -0.3 is 14.5 Å². The Balaban J connectivity index is 1.57. The molecule has 1 aromatic carbocycles. The van der Waals surface area contributed by atoms with Crippen molar-refractivity contribution in [1.29, 1.82) is 0 Å². The molecule has 6 nitrogen and oxygen atoms in total. The number of hydrogen-bond acceptors (Lipinski definition) is 5. The number of hydrogen-bond donors (Lipinski definition) is 0. The lowest BCUT2D eigenvalue weighted by Crippen LogP contribution is -2.52. The minimum Gasteiger partial charge on any atom is -0.478 e. The highest BCUT2D eigenvalue weighted by Gasteiger charge is 2.27. The van der Waals surface area contributed by atoms with E-state index in [0.717, 1.165) is 5.69 Å². The molecule has 1 aromatic heterocycles. The number of amides is 1. The second-order valence-corrected chi connectivity index (χ2v) is 6.00. The monoisotopic (exact) mass is 344 g/mol. The maximum atomic E-state index is 13.7. The van der Waals surface area contributed by atoms with Crippen LogP contribution in [0.1, 0.15) is 12.6 Å². The summed E-state index contributed by atoms with van der Waals surface area (Å²) in [6, 6.07) is 7.95. The molecule has 1 saturated heterocycles. The van der Waals surface area contributed by atoms with Crippen LogP contribution in [0.2, 0.25) is 0 Å². The first kappa shape index (κ1) is 17.1. The van der Waals surface area contributed by atoms with Gasteiger partial charge in [-0.05, 0) is 32.0 Å². The van der Waals surface area contributed by atoms with E-state index in [1.165, 1.54) is 12.1 Å². The number of aryl methyl sites for hydroxylation is 1. The van der Waals surface area contributed by atoms with Crippen molar-refractivity contribution < 1.29 is 13.9 Å². The van der Waals surface area contributed by atoms with Gasteiger partial charge in [0.25, 0.3) is 5.91 Å². The van der Waals surface area contributed by atoms with Gasteiger partial charge in [0.05, 0.1) is 0 Å². The highest BCUT2D eigenvalue weighted by Crippen LogP contribution is 2.18. The second-order valence-electron chi connectivity index (χ2n) is 6.00. The number of rotatable bonds is 4. The topological polar surface area (TPSA) is 58.6 Å². The SMILES string of the molecule is Cc1ccnc(N2CCN(C(=O)C(C)Oc3ccccc3F)CC2)n1. The number of halogens is 1. The zero-order chi connectivity index (χ0) is 17.8. The van der Waals surface area contributed by atoms with Gasteiger partial charge >= 0.3 is 0 Å². The van der Waals surface area contributed by atoms with Crippen molar-refractivity contribution >= 4 is 11.9 Å². The van der Waals surface area contributed by atoms with Crippen molar-refractivity contribution in [2.45, 2.75) is 20.0 Å². The van der Waals surface area contributed by atoms with Crippen LogP contribution in [0.3, 0.4) is 0 Å². The molecular formula is C18H21FN4O2. The van der Waals surface area contributed by atoms with Crippen LogP contribution in [0.25, 0.3) is 0 Å². The van der Waals surface area contributed by atoms with Crippen LogP contribution in [-0.4, -0.2) is 53.1 Å². The molecule has 2 aromatic rings. The van der Waals surface area contributed by atoms with Crippen LogP contribution in [0, 0.1) is 12.7 Å². The summed E-state index contributed by atoms with van der Waals surface area (Å²) < 4.78 is 19.1. The lowest BCUT2D eigenvalue weighted by Gasteiger charge is -2.35. The number of piperazine rings is 1. The van der Waals surface area contributed by atoms with Gasteiger partial charge in [-0.15, -0.1) is 0 Å². The fourth-order valence-electron chi connectivity index (χ4n) is 2.75. The van der Waals surface area contributed by atoms with Gasteiger partial charge in [0.1, 0.15) is 0 Å². The van der Waals surface area contributed by atoms with Crippen LogP contribution >= 0.6 is 0 Å². The number of carbonyl (C=O) groups is 1. The van der Waals surface area contributed by atoms with Crippen molar-refractivity contribution in [3.63, 3.8) is 0 Å². The highest BCUT2D eigenvalue weighted by atomic mass is 19.1. The van der Waals surface area contributed by atoms with Crippen LogP contribution in [0.4, 0.5) is 10.3 Å². The Morgan fingerprint density at radius 1 is 1.20 bits per heavy atom. The lowest BCUT2D eigenvalue weighted by molar-refractivity contribution is -0.138. The van der Waals surface area contributed by atoms with Crippen molar-refractivity contribution in [3.05, 3.63) is 48.0 Å². The summed E-state index contributed by atoms with van der Waals surface area (Å²) in [5.74, 6) is 0.162. The van der Waals surface area contributed by atoms with E-state index in [-0.39, 0.29) is 11.7 Å². The van der Waals surface area contributed by atoms with Gasteiger partial charge in [0.2, 0.25) is 5.95 Å². The van der Waals surface area contributed by atoms with E-state index in [0.29, 0.717) is 32.1 Å². The first-order chi connectivity index (χ1) is 12.0. The smallest absolute Gasteiger partial charge is 0.263 e. The van der Waals surface area contributed by atoms with Gasteiger partial charge in [0.15, 0.2) is 17.7 Å². The summed E-state index contributed by atoms with van der Waals surface area (Å²) in [6.45, 7) is 5.99. The molecular weight excluding hydrogens is 323 g/mol. The molecule has 1 amide bonds. The summed E-state index contributed by atoms with van der Waals surface area (Å²) in [7, 11) is 0. The summed E-state index contributed by atoms with van der Waals surface area (Å²) >= 11 is 0. The molecule has 1 atom stereocenters. The van der Waals surface area contributed by atoms with Crippen molar-refractivity contribution in [3.8, 4) is 5.75 Å². The molecule has 0 radical (unpaired) electrons. The number of ether oxygens (including phenoxy) is 1. The third-order valence-corrected chi connectivity index (χ3v) is 4.14. The maximum Gasteiger partial charge on any atom is 0.263 e. The molecule has 0 spiro atoms. The minimum atomic E-state index is -0.737. The zero-order valence-electron chi connectivity index (χ0n) is 14.4. The van der Waals surface area contributed by atoms with E-state index < -0.39 is 11.9 Å². The number of carbonyl (C=O) groups excluding carboxylic acids is 1. The average Bonchev–Trinajstić information content (AvgIpc) is 2.63. The maximum absolute atomic E-state index is 13.7. The minimum absolute atomic E-state index is 0.0927. The van der Waals surface area contributed by atoms with Crippen LogP contribution in [-0.2, 0) is 4.79 Å². The Hall–Kier alpha value is -2.70. The quantitative estimate of drug-likeness (QED) is 0.849. The largest absolute Gasteiger partial charge is 0.478 e. The van der Waals surface area contributed by atoms with Crippen LogP contribution in [0.15, 0.2) is 36.5 Å². The summed E-state index contributed by atoms with van der Waals surface area (Å²) in [5.41, 5.74) is 0.912. The van der Waals surface area contributed by atoms with Crippen molar-refractivity contribution in [2.75, 3.05) is 31.1 Å². The van der Waals surface area contributed by atoms with E-state index in [1.54, 1.807) is 30.2 Å². The molecule has 3 rings (SSSR count). The Labute approximate surface area is 146 Å². The molecule has 1 aliphatic rings. The first-order valence-electron chi connectivity index (χ1n) is 8.29. The van der Waals surface area contributed by atoms with E-state index in [4.69, 9.17) is 4.74 Å². The standard InChI is InChI=1S/C18H21FN4O2/c1-13-7-8-20-18(21-13)23-11-9-22(10-12-23)17(24)14(2)25-16-6-4-3-5-15(16)19/h3-8,14H,9-12H2,1-2H3. The molecule has 0 bridgehead atoms. The van der Waals surface area contributed by atoms with Crippen LogP contribution < -0.4 is 9.64 Å². The average molecular weight is 344 g/mol. The molecule has 2 heterocycles. The summed E-state index contributed by atoms with van der Waals surface area (Å²) in [5, 5.41) is 0. The molecule has 1 unspecified atom stereocenters. The Morgan fingerprint density at radius 2 is 1.92 bits per heavy atom. The van der Waals surface area contributed by atoms with Gasteiger partial charge in [0, 0.05) is 38.1 Å². The predicted molar refractivity (Wildman–Crippen MR) is 92.1 cm³/mol. The zero-order valence-corrected chi connectivity index (χ0v) is 14.4. The van der Waals surface area contributed by atoms with E-state index in [1.807, 2.05) is 13.0 Å². The Bertz CT molecular complexity index is 747. The third kappa shape index (κ3) is 4.04. The molecule has 25 heavy (non-hydrogen) atoms. The number of nitrogens with zero attached hydrogens (tertiary/aromatic N) is 4. The second kappa shape index (κ2) is 7.46. The Morgan fingerprint density at radius 3 is 2.60 bits per heavy atom. The third-order valence-electron chi connectivity index (χ3n) is 4.14. The van der Waals surface area contributed by atoms with Crippen LogP contribution in [0.5, 0.6) is 5.75 Å². The number of benzene rings is 1. The van der Waals surface area contributed by atoms with E-state index in [9.17, 15) is 9.18 Å². The van der Waals surface area contributed by atoms with E-state index in [2.05, 4.69) is 14.9 Å². The molecule has 0 saturated carbocycles. The normalized spacial score (nSPS) is 15.8. The molecule has 1 aliphatic heterocycles. The number of anilines is 1. The van der Waals surface area contributed by atoms with Crippen molar-refractivity contribution in [1.82, 2.24) is 14.9 Å². The lowest BCUT2D eigenvalue weighted by atomic mass is 10.2. The highest BCUT2D eigenvalue weighted by molar-refractivity contribution is 5.81. The number of para-hydroxylation sites is 1. The van der Waals surface area contributed by atoms with Gasteiger partial charge in [-0.1, -0.05) is 12.1 Å². The number of aromatic nitrogens is 2. The van der Waals surface area contributed by atoms with Gasteiger partial charge in [-0.3, -0.25) is 4.79 Å². The van der Waals surface area contributed by atoms with Gasteiger partial charge in [-0.25, -0.2) is 14.4 Å².